The van der Waals surface area contributed by atoms with E-state index in [4.69, 9.17) is 4.74 Å². The van der Waals surface area contributed by atoms with Crippen LogP contribution >= 0.6 is 0 Å². The van der Waals surface area contributed by atoms with E-state index in [0.29, 0.717) is 47.6 Å². The molecule has 2 atom stereocenters. The second kappa shape index (κ2) is 10.8. The lowest BCUT2D eigenvalue weighted by Crippen LogP contribution is -2.41. The molecule has 2 aromatic heterocycles. The number of aromatic amines is 1. The molecule has 11 nitrogen and oxygen atoms in total. The zero-order chi connectivity index (χ0) is 27.7. The average Bonchev–Trinajstić information content (AvgIpc) is 3.50. The van der Waals surface area contributed by atoms with Crippen molar-refractivity contribution in [3.05, 3.63) is 46.9 Å². The van der Waals surface area contributed by atoms with Crippen LogP contribution in [0.25, 0.3) is 10.9 Å². The van der Waals surface area contributed by atoms with Gasteiger partial charge in [0.2, 0.25) is 10.0 Å². The number of nitrogens with zero attached hydrogens (tertiary/aromatic N) is 4. The molecule has 0 radical (unpaired) electrons. The Balaban J connectivity index is 1.39. The Kier molecular flexibility index (Phi) is 7.46. The van der Waals surface area contributed by atoms with E-state index in [9.17, 15) is 23.3 Å². The molecular weight excluding hydrogens is 520 g/mol. The van der Waals surface area contributed by atoms with Gasteiger partial charge in [-0.25, -0.2) is 8.42 Å². The number of sulfonamides is 1. The lowest BCUT2D eigenvalue weighted by molar-refractivity contribution is -0.148. The van der Waals surface area contributed by atoms with Crippen LogP contribution < -0.4 is 10.9 Å². The number of ether oxygens (including phenoxy) is 1. The summed E-state index contributed by atoms with van der Waals surface area (Å²) in [6, 6.07) is 9.20. The minimum Gasteiger partial charge on any atom is -0.464 e. The summed E-state index contributed by atoms with van der Waals surface area (Å²) >= 11 is 0. The number of benzene rings is 1. The fourth-order valence-corrected chi connectivity index (χ4v) is 6.70. The Labute approximate surface area is 226 Å². The van der Waals surface area contributed by atoms with Crippen LogP contribution in [0.5, 0.6) is 0 Å². The average molecular weight is 553 g/mol. The minimum atomic E-state index is -3.92. The largest absolute Gasteiger partial charge is 0.464 e. The summed E-state index contributed by atoms with van der Waals surface area (Å²) in [6.07, 6.45) is 4.90. The number of aromatic nitrogens is 3. The summed E-state index contributed by atoms with van der Waals surface area (Å²) < 4.78 is 35.1. The highest BCUT2D eigenvalue weighted by Crippen LogP contribution is 2.43. The number of fused-ring (bicyclic) bond motifs is 1. The van der Waals surface area contributed by atoms with Crippen LogP contribution in [0.4, 0.5) is 11.5 Å². The minimum absolute atomic E-state index is 0.0626. The Morgan fingerprint density at radius 2 is 1.97 bits per heavy atom. The van der Waals surface area contributed by atoms with E-state index in [1.807, 2.05) is 13.8 Å². The van der Waals surface area contributed by atoms with Gasteiger partial charge >= 0.3 is 5.97 Å². The second-order valence-corrected chi connectivity index (χ2v) is 12.5. The van der Waals surface area contributed by atoms with E-state index >= 15 is 0 Å². The highest BCUT2D eigenvalue weighted by Gasteiger charge is 2.40. The first-order chi connectivity index (χ1) is 18.7. The fraction of sp³-hybridized carbons (Fsp3) is 0.481. The molecule has 5 rings (SSSR count). The quantitative estimate of drug-likeness (QED) is 0.362. The zero-order valence-corrected chi connectivity index (χ0v) is 22.8. The van der Waals surface area contributed by atoms with Crippen LogP contribution in [-0.2, 0) is 19.6 Å². The zero-order valence-electron chi connectivity index (χ0n) is 22.0. The maximum Gasteiger partial charge on any atom is 0.324 e. The van der Waals surface area contributed by atoms with Crippen LogP contribution in [0.1, 0.15) is 52.0 Å². The van der Waals surface area contributed by atoms with E-state index < -0.39 is 22.0 Å². The van der Waals surface area contributed by atoms with Gasteiger partial charge in [0.1, 0.15) is 11.4 Å². The number of pyridine rings is 1. The molecule has 0 spiro atoms. The van der Waals surface area contributed by atoms with Crippen LogP contribution in [0.2, 0.25) is 0 Å². The first-order valence-corrected chi connectivity index (χ1v) is 14.7. The third-order valence-corrected chi connectivity index (χ3v) is 9.09. The first kappa shape index (κ1) is 26.9. The van der Waals surface area contributed by atoms with Crippen molar-refractivity contribution in [3.8, 4) is 6.07 Å². The van der Waals surface area contributed by atoms with Gasteiger partial charge in [-0.2, -0.15) is 14.7 Å². The standard InChI is InChI=1S/C27H32N6O5S/c1-17(2)16-38-27(35)23-4-3-15-32(23)39(36,37)20-9-7-19(8-10-20)30-25-24-22(12-14-29-26(24)34)33(31-25)21(11-13-28)18-5-6-18/h7-10,12,14,17-18,21,23H,3-6,11,15-16H2,1-2H3,(H,29,34)(H,30,31)/t21-,23?/m0/s1. The van der Waals surface area contributed by atoms with Crippen LogP contribution in [-0.4, -0.2) is 52.7 Å². The van der Waals surface area contributed by atoms with E-state index in [0.717, 1.165) is 12.8 Å². The summed E-state index contributed by atoms with van der Waals surface area (Å²) in [5.41, 5.74) is 0.870. The maximum atomic E-state index is 13.4. The molecule has 1 aliphatic heterocycles. The summed E-state index contributed by atoms with van der Waals surface area (Å²) in [4.78, 5) is 28.1. The molecule has 1 saturated heterocycles. The molecule has 1 saturated carbocycles. The van der Waals surface area contributed by atoms with Crippen molar-refractivity contribution in [1.82, 2.24) is 19.1 Å². The van der Waals surface area contributed by atoms with Crippen molar-refractivity contribution < 1.29 is 17.9 Å². The number of rotatable bonds is 10. The molecule has 2 aliphatic rings. The van der Waals surface area contributed by atoms with Gasteiger partial charge in [0.15, 0.2) is 5.82 Å². The molecule has 2 fully saturated rings. The number of carbonyl (C=O) groups excluding carboxylic acids is 1. The molecule has 12 heteroatoms. The summed E-state index contributed by atoms with van der Waals surface area (Å²) in [5, 5.41) is 17.6. The van der Waals surface area contributed by atoms with Crippen molar-refractivity contribution in [2.75, 3.05) is 18.5 Å². The number of hydrogen-bond donors (Lipinski definition) is 2. The van der Waals surface area contributed by atoms with Crippen molar-refractivity contribution in [3.63, 3.8) is 0 Å². The second-order valence-electron chi connectivity index (χ2n) is 10.6. The Hall–Kier alpha value is -3.69. The molecule has 1 unspecified atom stereocenters. The van der Waals surface area contributed by atoms with Crippen LogP contribution in [0.15, 0.2) is 46.2 Å². The van der Waals surface area contributed by atoms with E-state index in [-0.39, 0.29) is 35.6 Å². The Morgan fingerprint density at radius 1 is 1.23 bits per heavy atom. The van der Waals surface area contributed by atoms with Crippen molar-refractivity contribution in [2.45, 2.75) is 62.9 Å². The molecule has 206 valence electrons. The summed E-state index contributed by atoms with van der Waals surface area (Å²) in [7, 11) is -3.92. The monoisotopic (exact) mass is 552 g/mol. The topological polar surface area (TPSA) is 150 Å². The molecule has 2 N–H and O–H groups in total. The van der Waals surface area contributed by atoms with Gasteiger partial charge in [-0.3, -0.25) is 14.3 Å². The van der Waals surface area contributed by atoms with Gasteiger partial charge in [0, 0.05) is 18.4 Å². The maximum absolute atomic E-state index is 13.4. The lowest BCUT2D eigenvalue weighted by Gasteiger charge is -2.23. The predicted octanol–water partition coefficient (Wildman–Crippen LogP) is 3.69. The lowest BCUT2D eigenvalue weighted by atomic mass is 10.1. The number of nitrogens with one attached hydrogen (secondary N) is 2. The molecule has 3 aromatic rings. The Bertz CT molecular complexity index is 1570. The first-order valence-electron chi connectivity index (χ1n) is 13.2. The van der Waals surface area contributed by atoms with E-state index in [2.05, 4.69) is 21.5 Å². The number of esters is 1. The van der Waals surface area contributed by atoms with Gasteiger partial charge < -0.3 is 15.0 Å². The van der Waals surface area contributed by atoms with Gasteiger partial charge in [-0.15, -0.1) is 0 Å². The molecule has 1 aliphatic carbocycles. The molecule has 0 amide bonds. The number of hydrogen-bond acceptors (Lipinski definition) is 8. The van der Waals surface area contributed by atoms with Crippen molar-refractivity contribution >= 4 is 38.4 Å². The normalized spacial score (nSPS) is 18.8. The molecule has 0 bridgehead atoms. The summed E-state index contributed by atoms with van der Waals surface area (Å²) in [6.45, 7) is 4.34. The van der Waals surface area contributed by atoms with Gasteiger partial charge in [0.05, 0.1) is 35.6 Å². The van der Waals surface area contributed by atoms with Gasteiger partial charge in [0.25, 0.3) is 5.56 Å². The number of anilines is 2. The third kappa shape index (κ3) is 5.42. The number of nitriles is 1. The Morgan fingerprint density at radius 3 is 2.64 bits per heavy atom. The van der Waals surface area contributed by atoms with E-state index in [1.54, 1.807) is 29.1 Å². The smallest absolute Gasteiger partial charge is 0.324 e. The fourth-order valence-electron chi connectivity index (χ4n) is 5.06. The molecule has 3 heterocycles. The third-order valence-electron chi connectivity index (χ3n) is 7.17. The predicted molar refractivity (Wildman–Crippen MR) is 145 cm³/mol. The molecular formula is C27H32N6O5S. The highest BCUT2D eigenvalue weighted by molar-refractivity contribution is 7.89. The number of carbonyl (C=O) groups is 1. The van der Waals surface area contributed by atoms with Crippen molar-refractivity contribution in [1.29, 1.82) is 5.26 Å². The van der Waals surface area contributed by atoms with Crippen molar-refractivity contribution in [2.24, 2.45) is 11.8 Å². The summed E-state index contributed by atoms with van der Waals surface area (Å²) in [5.74, 6) is 0.321. The van der Waals surface area contributed by atoms with Crippen LogP contribution in [0.3, 0.4) is 0 Å². The highest BCUT2D eigenvalue weighted by atomic mass is 32.2. The van der Waals surface area contributed by atoms with Gasteiger partial charge in [-0.1, -0.05) is 13.8 Å². The number of H-pyrrole nitrogens is 1. The van der Waals surface area contributed by atoms with Gasteiger partial charge in [-0.05, 0) is 67.9 Å². The SMILES string of the molecule is CC(C)COC(=O)C1CCCN1S(=O)(=O)c1ccc(Nc2nn([C@@H](CC#N)C3CC3)c3cc[nH]c(=O)c23)cc1. The van der Waals surface area contributed by atoms with Crippen LogP contribution in [0, 0.1) is 23.2 Å². The molecule has 1 aromatic carbocycles. The van der Waals surface area contributed by atoms with E-state index in [1.165, 1.54) is 16.4 Å². The molecule has 39 heavy (non-hydrogen) atoms.